The van der Waals surface area contributed by atoms with Crippen LogP contribution in [0.15, 0.2) is 24.3 Å². The van der Waals surface area contributed by atoms with Crippen molar-refractivity contribution in [3.05, 3.63) is 29.8 Å². The highest BCUT2D eigenvalue weighted by Gasteiger charge is 2.28. The Morgan fingerprint density at radius 1 is 1.41 bits per heavy atom. The Labute approximate surface area is 101 Å². The molecule has 1 aromatic carbocycles. The lowest BCUT2D eigenvalue weighted by Gasteiger charge is -2.20. The second kappa shape index (κ2) is 4.75. The van der Waals surface area contributed by atoms with Gasteiger partial charge in [0.05, 0.1) is 18.4 Å². The van der Waals surface area contributed by atoms with Crippen LogP contribution in [0.3, 0.4) is 0 Å². The average Bonchev–Trinajstić information content (AvgIpc) is 2.68. The Morgan fingerprint density at radius 2 is 2.12 bits per heavy atom. The van der Waals surface area contributed by atoms with Crippen molar-refractivity contribution >= 4 is 11.7 Å². The number of anilines is 1. The van der Waals surface area contributed by atoms with E-state index in [0.29, 0.717) is 11.5 Å². The predicted molar refractivity (Wildman–Crippen MR) is 67.1 cm³/mol. The van der Waals surface area contributed by atoms with Gasteiger partial charge in [0, 0.05) is 19.1 Å². The fourth-order valence-corrected chi connectivity index (χ4v) is 2.22. The molecule has 92 valence electrons. The Bertz CT molecular complexity index is 410. The first kappa shape index (κ1) is 11.9. The summed E-state index contributed by atoms with van der Waals surface area (Å²) in [4.78, 5) is 13.8. The number of hydrogen-bond acceptors (Lipinski definition) is 4. The number of nitrogens with two attached hydrogens (primary N) is 1. The van der Waals surface area contributed by atoms with Gasteiger partial charge in [0.25, 0.3) is 0 Å². The van der Waals surface area contributed by atoms with E-state index in [-0.39, 0.29) is 12.0 Å². The maximum Gasteiger partial charge on any atom is 0.339 e. The van der Waals surface area contributed by atoms with Crippen molar-refractivity contribution in [2.24, 2.45) is 11.7 Å². The fourth-order valence-electron chi connectivity index (χ4n) is 2.22. The molecule has 4 nitrogen and oxygen atoms in total. The SMILES string of the molecule is COC(=O)c1ccccc1N1CC(C)C(N)C1. The Kier molecular flexibility index (Phi) is 3.33. The lowest BCUT2D eigenvalue weighted by atomic mass is 10.1. The maximum atomic E-state index is 11.7. The number of para-hydroxylation sites is 1. The summed E-state index contributed by atoms with van der Waals surface area (Å²) in [5.41, 5.74) is 7.53. The first-order valence-electron chi connectivity index (χ1n) is 5.81. The Morgan fingerprint density at radius 3 is 2.71 bits per heavy atom. The minimum atomic E-state index is -0.297. The van der Waals surface area contributed by atoms with E-state index in [1.54, 1.807) is 6.07 Å². The normalized spacial score (nSPS) is 23.8. The highest BCUT2D eigenvalue weighted by molar-refractivity contribution is 5.95. The number of rotatable bonds is 2. The molecule has 1 aromatic rings. The third-order valence-electron chi connectivity index (χ3n) is 3.32. The van der Waals surface area contributed by atoms with E-state index < -0.39 is 0 Å². The lowest BCUT2D eigenvalue weighted by Crippen LogP contribution is -2.29. The van der Waals surface area contributed by atoms with E-state index in [1.165, 1.54) is 7.11 Å². The van der Waals surface area contributed by atoms with Gasteiger partial charge in [-0.25, -0.2) is 4.79 Å². The first-order valence-corrected chi connectivity index (χ1v) is 5.81. The van der Waals surface area contributed by atoms with Gasteiger partial charge < -0.3 is 15.4 Å². The minimum absolute atomic E-state index is 0.167. The second-order valence-electron chi connectivity index (χ2n) is 4.55. The third-order valence-corrected chi connectivity index (χ3v) is 3.32. The second-order valence-corrected chi connectivity index (χ2v) is 4.55. The number of carbonyl (C=O) groups is 1. The number of hydrogen-bond donors (Lipinski definition) is 1. The van der Waals surface area contributed by atoms with Crippen LogP contribution in [0.25, 0.3) is 0 Å². The Balaban J connectivity index is 2.30. The summed E-state index contributed by atoms with van der Waals surface area (Å²) in [5.74, 6) is 0.148. The van der Waals surface area contributed by atoms with Crippen molar-refractivity contribution < 1.29 is 9.53 Å². The van der Waals surface area contributed by atoms with Crippen LogP contribution in [0.5, 0.6) is 0 Å². The van der Waals surface area contributed by atoms with Gasteiger partial charge in [0.2, 0.25) is 0 Å². The molecule has 0 bridgehead atoms. The Hall–Kier alpha value is -1.55. The molecular formula is C13H18N2O2. The highest BCUT2D eigenvalue weighted by Crippen LogP contribution is 2.26. The molecule has 0 radical (unpaired) electrons. The van der Waals surface area contributed by atoms with Crippen molar-refractivity contribution in [1.29, 1.82) is 0 Å². The molecule has 0 aliphatic carbocycles. The van der Waals surface area contributed by atoms with E-state index in [0.717, 1.165) is 18.8 Å². The number of methoxy groups -OCH3 is 1. The molecule has 2 atom stereocenters. The van der Waals surface area contributed by atoms with Crippen LogP contribution < -0.4 is 10.6 Å². The van der Waals surface area contributed by atoms with Crippen molar-refractivity contribution in [3.63, 3.8) is 0 Å². The summed E-state index contributed by atoms with van der Waals surface area (Å²) >= 11 is 0. The standard InChI is InChI=1S/C13H18N2O2/c1-9-7-15(8-11(9)14)12-6-4-3-5-10(12)13(16)17-2/h3-6,9,11H,7-8,14H2,1-2H3. The monoisotopic (exact) mass is 234 g/mol. The van der Waals surface area contributed by atoms with Crippen LogP contribution in [0.1, 0.15) is 17.3 Å². The fraction of sp³-hybridized carbons (Fsp3) is 0.462. The van der Waals surface area contributed by atoms with Gasteiger partial charge in [-0.3, -0.25) is 0 Å². The molecule has 1 fully saturated rings. The molecule has 2 N–H and O–H groups in total. The lowest BCUT2D eigenvalue weighted by molar-refractivity contribution is 0.0601. The van der Waals surface area contributed by atoms with Crippen molar-refractivity contribution in [2.75, 3.05) is 25.1 Å². The molecule has 1 aliphatic heterocycles. The quantitative estimate of drug-likeness (QED) is 0.783. The van der Waals surface area contributed by atoms with Crippen LogP contribution >= 0.6 is 0 Å². The van der Waals surface area contributed by atoms with E-state index in [2.05, 4.69) is 11.8 Å². The zero-order chi connectivity index (χ0) is 12.4. The molecule has 1 aliphatic rings. The van der Waals surface area contributed by atoms with Crippen molar-refractivity contribution in [3.8, 4) is 0 Å². The van der Waals surface area contributed by atoms with Gasteiger partial charge in [0.1, 0.15) is 0 Å². The van der Waals surface area contributed by atoms with Crippen LogP contribution in [0.2, 0.25) is 0 Å². The smallest absolute Gasteiger partial charge is 0.339 e. The molecule has 17 heavy (non-hydrogen) atoms. The van der Waals surface area contributed by atoms with Gasteiger partial charge >= 0.3 is 5.97 Å². The van der Waals surface area contributed by atoms with Gasteiger partial charge in [0.15, 0.2) is 0 Å². The maximum absolute atomic E-state index is 11.7. The number of benzene rings is 1. The van der Waals surface area contributed by atoms with E-state index in [4.69, 9.17) is 10.5 Å². The molecule has 2 unspecified atom stereocenters. The van der Waals surface area contributed by atoms with Crippen LogP contribution in [0.4, 0.5) is 5.69 Å². The topological polar surface area (TPSA) is 55.6 Å². The molecular weight excluding hydrogens is 216 g/mol. The zero-order valence-corrected chi connectivity index (χ0v) is 10.2. The van der Waals surface area contributed by atoms with Crippen LogP contribution in [0, 0.1) is 5.92 Å². The summed E-state index contributed by atoms with van der Waals surface area (Å²) in [7, 11) is 1.40. The summed E-state index contributed by atoms with van der Waals surface area (Å²) in [6.07, 6.45) is 0. The average molecular weight is 234 g/mol. The molecule has 1 heterocycles. The van der Waals surface area contributed by atoms with Gasteiger partial charge in [-0.2, -0.15) is 0 Å². The number of carbonyl (C=O) groups excluding carboxylic acids is 1. The van der Waals surface area contributed by atoms with E-state index in [1.807, 2.05) is 18.2 Å². The van der Waals surface area contributed by atoms with Crippen LogP contribution in [-0.2, 0) is 4.74 Å². The number of ether oxygens (including phenoxy) is 1. The van der Waals surface area contributed by atoms with Gasteiger partial charge in [-0.05, 0) is 18.1 Å². The molecule has 2 rings (SSSR count). The first-order chi connectivity index (χ1) is 8.13. The molecule has 0 amide bonds. The van der Waals surface area contributed by atoms with E-state index >= 15 is 0 Å². The van der Waals surface area contributed by atoms with Gasteiger partial charge in [-0.1, -0.05) is 19.1 Å². The number of nitrogens with zero attached hydrogens (tertiary/aromatic N) is 1. The summed E-state index contributed by atoms with van der Waals surface area (Å²) in [5, 5.41) is 0. The molecule has 0 aromatic heterocycles. The summed E-state index contributed by atoms with van der Waals surface area (Å²) < 4.78 is 4.79. The minimum Gasteiger partial charge on any atom is -0.465 e. The largest absolute Gasteiger partial charge is 0.465 e. The highest BCUT2D eigenvalue weighted by atomic mass is 16.5. The molecule has 0 spiro atoms. The summed E-state index contributed by atoms with van der Waals surface area (Å²) in [6, 6.07) is 7.67. The third kappa shape index (κ3) is 2.26. The summed E-state index contributed by atoms with van der Waals surface area (Å²) in [6.45, 7) is 3.80. The zero-order valence-electron chi connectivity index (χ0n) is 10.2. The van der Waals surface area contributed by atoms with Crippen LogP contribution in [-0.4, -0.2) is 32.2 Å². The van der Waals surface area contributed by atoms with Crippen molar-refractivity contribution in [2.45, 2.75) is 13.0 Å². The van der Waals surface area contributed by atoms with Gasteiger partial charge in [-0.15, -0.1) is 0 Å². The molecule has 0 saturated carbocycles. The predicted octanol–water partition coefficient (Wildman–Crippen LogP) is 1.26. The molecule has 4 heteroatoms. The van der Waals surface area contributed by atoms with E-state index in [9.17, 15) is 4.79 Å². The van der Waals surface area contributed by atoms with Crippen molar-refractivity contribution in [1.82, 2.24) is 0 Å². The molecule has 1 saturated heterocycles. The number of esters is 1.